The van der Waals surface area contributed by atoms with Crippen LogP contribution in [0, 0.1) is 10.8 Å². The van der Waals surface area contributed by atoms with Gasteiger partial charge in [-0.2, -0.15) is 0 Å². The summed E-state index contributed by atoms with van der Waals surface area (Å²) in [5.74, 6) is -0.800. The summed E-state index contributed by atoms with van der Waals surface area (Å²) < 4.78 is 0. The van der Waals surface area contributed by atoms with E-state index in [4.69, 9.17) is 0 Å². The summed E-state index contributed by atoms with van der Waals surface area (Å²) in [6.07, 6.45) is 7.09. The molecule has 2 heterocycles. The smallest absolute Gasteiger partial charge is 0.273 e. The van der Waals surface area contributed by atoms with Gasteiger partial charge in [0.05, 0.1) is 5.56 Å². The predicted molar refractivity (Wildman–Crippen MR) is 110 cm³/mol. The highest BCUT2D eigenvalue weighted by Crippen LogP contribution is 2.36. The molecule has 3 rings (SSSR count). The maximum Gasteiger partial charge on any atom is 0.273 e. The summed E-state index contributed by atoms with van der Waals surface area (Å²) in [6.45, 7) is 6.71. The van der Waals surface area contributed by atoms with Gasteiger partial charge in [-0.3, -0.25) is 25.2 Å². The third-order valence-electron chi connectivity index (χ3n) is 6.16. The number of pyridine rings is 1. The average Bonchev–Trinajstić information content (AvgIpc) is 2.70. The molecule has 0 spiro atoms. The number of anilines is 1. The Labute approximate surface area is 171 Å². The number of carbonyl (C=O) groups excluding carboxylic acids is 3. The minimum Gasteiger partial charge on any atom is -0.367 e. The quantitative estimate of drug-likeness (QED) is 0.456. The highest BCUT2D eigenvalue weighted by atomic mass is 16.2. The molecule has 2 aliphatic rings. The zero-order valence-electron chi connectivity index (χ0n) is 17.4. The maximum absolute atomic E-state index is 12.7. The molecule has 1 saturated heterocycles. The molecule has 0 radical (unpaired) electrons. The summed E-state index contributed by atoms with van der Waals surface area (Å²) >= 11 is 0. The van der Waals surface area contributed by atoms with E-state index in [1.54, 1.807) is 25.3 Å². The number of carbonyl (C=O) groups is 3. The van der Waals surface area contributed by atoms with Crippen molar-refractivity contribution in [1.82, 2.24) is 21.2 Å². The van der Waals surface area contributed by atoms with E-state index in [0.717, 1.165) is 32.1 Å². The van der Waals surface area contributed by atoms with E-state index >= 15 is 0 Å². The van der Waals surface area contributed by atoms with Crippen LogP contribution in [0.4, 0.5) is 5.82 Å². The third kappa shape index (κ3) is 4.86. The summed E-state index contributed by atoms with van der Waals surface area (Å²) in [7, 11) is 0. The summed E-state index contributed by atoms with van der Waals surface area (Å²) in [5.41, 5.74) is 4.37. The number of nitrogens with one attached hydrogen (secondary N) is 4. The lowest BCUT2D eigenvalue weighted by Gasteiger charge is -2.35. The Balaban J connectivity index is 1.61. The van der Waals surface area contributed by atoms with Gasteiger partial charge in [0.2, 0.25) is 5.91 Å². The zero-order chi connectivity index (χ0) is 21.1. The molecular formula is C21H31N5O3. The monoisotopic (exact) mass is 401 g/mol. The predicted octanol–water partition coefficient (Wildman–Crippen LogP) is 2.14. The normalized spacial score (nSPS) is 24.3. The van der Waals surface area contributed by atoms with E-state index in [1.807, 2.05) is 0 Å². The number of amides is 3. The van der Waals surface area contributed by atoms with Crippen molar-refractivity contribution in [2.45, 2.75) is 65.3 Å². The van der Waals surface area contributed by atoms with Crippen LogP contribution in [0.3, 0.4) is 0 Å². The highest BCUT2D eigenvalue weighted by Gasteiger charge is 2.42. The number of piperidine rings is 1. The molecule has 8 heteroatoms. The van der Waals surface area contributed by atoms with Crippen LogP contribution in [-0.4, -0.2) is 35.3 Å². The fraction of sp³-hybridized carbons (Fsp3) is 0.619. The van der Waals surface area contributed by atoms with E-state index in [0.29, 0.717) is 29.8 Å². The van der Waals surface area contributed by atoms with Gasteiger partial charge >= 0.3 is 0 Å². The van der Waals surface area contributed by atoms with E-state index < -0.39 is 17.2 Å². The van der Waals surface area contributed by atoms with Crippen LogP contribution >= 0.6 is 0 Å². The van der Waals surface area contributed by atoms with Crippen LogP contribution in [-0.2, 0) is 9.59 Å². The molecule has 8 nitrogen and oxygen atoms in total. The Kier molecular flexibility index (Phi) is 6.10. The molecule has 0 aromatic carbocycles. The molecule has 0 bridgehead atoms. The van der Waals surface area contributed by atoms with Crippen molar-refractivity contribution in [3.8, 4) is 0 Å². The first-order valence-electron chi connectivity index (χ1n) is 10.3. The second kappa shape index (κ2) is 8.39. The SMILES string of the molecule is CC1(C)CCC(Nc2ncccc2C(=O)NNC(=O)C2(C)CCCNC2=O)CC1. The van der Waals surface area contributed by atoms with Gasteiger partial charge in [-0.05, 0) is 63.0 Å². The minimum absolute atomic E-state index is 0.268. The average molecular weight is 402 g/mol. The van der Waals surface area contributed by atoms with E-state index in [2.05, 4.69) is 40.3 Å². The van der Waals surface area contributed by atoms with Gasteiger partial charge in [0.1, 0.15) is 11.2 Å². The number of hydrogen-bond acceptors (Lipinski definition) is 5. The molecule has 1 aromatic rings. The summed E-state index contributed by atoms with van der Waals surface area (Å²) in [5, 5.41) is 6.09. The summed E-state index contributed by atoms with van der Waals surface area (Å²) in [6, 6.07) is 3.62. The van der Waals surface area contributed by atoms with Gasteiger partial charge in [0.15, 0.2) is 0 Å². The molecule has 1 aliphatic carbocycles. The van der Waals surface area contributed by atoms with Crippen LogP contribution in [0.15, 0.2) is 18.3 Å². The second-order valence-corrected chi connectivity index (χ2v) is 9.08. The lowest BCUT2D eigenvalue weighted by Crippen LogP contribution is -2.56. The van der Waals surface area contributed by atoms with Crippen molar-refractivity contribution in [2.24, 2.45) is 10.8 Å². The lowest BCUT2D eigenvalue weighted by molar-refractivity contribution is -0.145. The first-order valence-corrected chi connectivity index (χ1v) is 10.3. The first-order chi connectivity index (χ1) is 13.7. The third-order valence-corrected chi connectivity index (χ3v) is 6.16. The Morgan fingerprint density at radius 3 is 2.55 bits per heavy atom. The fourth-order valence-corrected chi connectivity index (χ4v) is 3.93. The Morgan fingerprint density at radius 1 is 1.14 bits per heavy atom. The molecule has 1 unspecified atom stereocenters. The van der Waals surface area contributed by atoms with Crippen LogP contribution in [0.5, 0.6) is 0 Å². The molecule has 1 aliphatic heterocycles. The highest BCUT2D eigenvalue weighted by molar-refractivity contribution is 6.06. The van der Waals surface area contributed by atoms with Gasteiger partial charge in [-0.25, -0.2) is 4.98 Å². The van der Waals surface area contributed by atoms with Gasteiger partial charge < -0.3 is 10.6 Å². The molecule has 3 amide bonds. The molecule has 4 N–H and O–H groups in total. The van der Waals surface area contributed by atoms with Gasteiger partial charge in [0.25, 0.3) is 11.8 Å². The molecule has 29 heavy (non-hydrogen) atoms. The van der Waals surface area contributed by atoms with Gasteiger partial charge in [-0.15, -0.1) is 0 Å². The van der Waals surface area contributed by atoms with E-state index in [9.17, 15) is 14.4 Å². The van der Waals surface area contributed by atoms with Crippen LogP contribution in [0.25, 0.3) is 0 Å². The number of hydrazine groups is 1. The zero-order valence-corrected chi connectivity index (χ0v) is 17.4. The molecule has 1 atom stereocenters. The second-order valence-electron chi connectivity index (χ2n) is 9.08. The topological polar surface area (TPSA) is 112 Å². The van der Waals surface area contributed by atoms with E-state index in [1.165, 1.54) is 0 Å². The van der Waals surface area contributed by atoms with Crippen molar-refractivity contribution in [2.75, 3.05) is 11.9 Å². The minimum atomic E-state index is -1.18. The standard InChI is InChI=1S/C21H31N5O3/c1-20(2)10-7-14(8-11-20)24-16-15(6-4-12-22-16)17(27)25-26-19(29)21(3)9-5-13-23-18(21)28/h4,6,12,14H,5,7-11,13H2,1-3H3,(H,22,24)(H,23,28)(H,25,27)(H,26,29). The Bertz CT molecular complexity index is 784. The van der Waals surface area contributed by atoms with Crippen molar-refractivity contribution in [1.29, 1.82) is 0 Å². The molecular weight excluding hydrogens is 370 g/mol. The van der Waals surface area contributed by atoms with Crippen LogP contribution in [0.2, 0.25) is 0 Å². The number of aromatic nitrogens is 1. The van der Waals surface area contributed by atoms with Crippen LogP contribution in [0.1, 0.15) is 69.7 Å². The number of rotatable bonds is 4. The molecule has 1 saturated carbocycles. The van der Waals surface area contributed by atoms with E-state index in [-0.39, 0.29) is 11.9 Å². The van der Waals surface area contributed by atoms with Crippen LogP contribution < -0.4 is 21.5 Å². The molecule has 158 valence electrons. The Morgan fingerprint density at radius 2 is 1.86 bits per heavy atom. The van der Waals surface area contributed by atoms with Gasteiger partial charge in [0, 0.05) is 18.8 Å². The molecule has 1 aromatic heterocycles. The van der Waals surface area contributed by atoms with Crippen molar-refractivity contribution in [3.05, 3.63) is 23.9 Å². The Hall–Kier alpha value is -2.64. The summed E-state index contributed by atoms with van der Waals surface area (Å²) in [4.78, 5) is 41.6. The fourth-order valence-electron chi connectivity index (χ4n) is 3.93. The van der Waals surface area contributed by atoms with Gasteiger partial charge in [-0.1, -0.05) is 13.8 Å². The lowest BCUT2D eigenvalue weighted by atomic mass is 9.75. The molecule has 2 fully saturated rings. The van der Waals surface area contributed by atoms with Crippen molar-refractivity contribution in [3.63, 3.8) is 0 Å². The number of hydrogen-bond donors (Lipinski definition) is 4. The largest absolute Gasteiger partial charge is 0.367 e. The van der Waals surface area contributed by atoms with Crippen molar-refractivity contribution < 1.29 is 14.4 Å². The van der Waals surface area contributed by atoms with Crippen molar-refractivity contribution >= 4 is 23.5 Å². The first kappa shape index (κ1) is 21.1. The maximum atomic E-state index is 12.7. The number of nitrogens with zero attached hydrogens (tertiary/aromatic N) is 1.